The van der Waals surface area contributed by atoms with Crippen molar-refractivity contribution in [3.63, 3.8) is 0 Å². The average molecular weight is 403 g/mol. The van der Waals surface area contributed by atoms with E-state index in [1.807, 2.05) is 39.0 Å². The molecule has 1 atom stereocenters. The SMILES string of the molecule is Cc1ccc2c(c1)OC(C)(C)CC2NC(=O)CN(c1ccccc1)S(C)(=O)=O. The summed E-state index contributed by atoms with van der Waals surface area (Å²) in [6.07, 6.45) is 1.70. The number of hydrogen-bond donors (Lipinski definition) is 1. The molecule has 3 rings (SSSR count). The summed E-state index contributed by atoms with van der Waals surface area (Å²) in [5.41, 5.74) is 2.01. The number of rotatable bonds is 5. The van der Waals surface area contributed by atoms with Gasteiger partial charge in [-0.2, -0.15) is 0 Å². The van der Waals surface area contributed by atoms with Crippen molar-refractivity contribution in [2.45, 2.75) is 38.8 Å². The van der Waals surface area contributed by atoms with Crippen LogP contribution in [-0.4, -0.2) is 32.7 Å². The fourth-order valence-electron chi connectivity index (χ4n) is 3.45. The van der Waals surface area contributed by atoms with Gasteiger partial charge in [0.05, 0.1) is 18.0 Å². The lowest BCUT2D eigenvalue weighted by molar-refractivity contribution is -0.120. The monoisotopic (exact) mass is 402 g/mol. The molecule has 7 heteroatoms. The van der Waals surface area contributed by atoms with Gasteiger partial charge in [-0.25, -0.2) is 8.42 Å². The van der Waals surface area contributed by atoms with Gasteiger partial charge >= 0.3 is 0 Å². The molecule has 6 nitrogen and oxygen atoms in total. The van der Waals surface area contributed by atoms with Gasteiger partial charge in [-0.05, 0) is 44.5 Å². The van der Waals surface area contributed by atoms with Gasteiger partial charge in [0.15, 0.2) is 0 Å². The predicted molar refractivity (Wildman–Crippen MR) is 110 cm³/mol. The first kappa shape index (κ1) is 20.2. The van der Waals surface area contributed by atoms with Crippen molar-refractivity contribution in [1.29, 1.82) is 0 Å². The molecule has 1 N–H and O–H groups in total. The van der Waals surface area contributed by atoms with E-state index in [9.17, 15) is 13.2 Å². The third kappa shape index (κ3) is 4.65. The molecule has 0 saturated carbocycles. The molecule has 0 spiro atoms. The molecule has 1 amide bonds. The Morgan fingerprint density at radius 3 is 2.54 bits per heavy atom. The number of nitrogens with zero attached hydrogens (tertiary/aromatic N) is 1. The van der Waals surface area contributed by atoms with E-state index >= 15 is 0 Å². The first-order valence-electron chi connectivity index (χ1n) is 9.17. The van der Waals surface area contributed by atoms with Gasteiger partial charge in [0, 0.05) is 12.0 Å². The standard InChI is InChI=1S/C21H26N2O4S/c1-15-10-11-17-18(13-21(2,3)27-19(17)12-15)22-20(24)14-23(28(4,25)26)16-8-6-5-7-9-16/h5-12,18H,13-14H2,1-4H3,(H,22,24). The Balaban J connectivity index is 1.82. The summed E-state index contributed by atoms with van der Waals surface area (Å²) in [5.74, 6) is 0.396. The predicted octanol–water partition coefficient (Wildman–Crippen LogP) is 3.18. The molecule has 1 heterocycles. The normalized spacial score (nSPS) is 17.9. The number of ether oxygens (including phenoxy) is 1. The zero-order valence-electron chi connectivity index (χ0n) is 16.6. The number of aryl methyl sites for hydroxylation is 1. The number of nitrogens with one attached hydrogen (secondary N) is 1. The first-order valence-corrected chi connectivity index (χ1v) is 11.0. The van der Waals surface area contributed by atoms with Crippen LogP contribution in [0.5, 0.6) is 5.75 Å². The minimum Gasteiger partial charge on any atom is -0.487 e. The Morgan fingerprint density at radius 1 is 1.21 bits per heavy atom. The second kappa shape index (κ2) is 7.47. The van der Waals surface area contributed by atoms with Gasteiger partial charge in [0.2, 0.25) is 15.9 Å². The van der Waals surface area contributed by atoms with E-state index in [4.69, 9.17) is 4.74 Å². The molecule has 1 aliphatic rings. The van der Waals surface area contributed by atoms with Crippen molar-refractivity contribution in [3.05, 3.63) is 59.7 Å². The molecule has 150 valence electrons. The van der Waals surface area contributed by atoms with Gasteiger partial charge in [-0.1, -0.05) is 30.3 Å². The van der Waals surface area contributed by atoms with Gasteiger partial charge < -0.3 is 10.1 Å². The number of carbonyl (C=O) groups excluding carboxylic acids is 1. The third-order valence-electron chi connectivity index (χ3n) is 4.69. The highest BCUT2D eigenvalue weighted by atomic mass is 32.2. The van der Waals surface area contributed by atoms with Crippen LogP contribution in [0, 0.1) is 6.92 Å². The van der Waals surface area contributed by atoms with E-state index in [0.29, 0.717) is 12.1 Å². The molecule has 2 aromatic carbocycles. The maximum Gasteiger partial charge on any atom is 0.241 e. The maximum absolute atomic E-state index is 12.8. The molecule has 0 fully saturated rings. The summed E-state index contributed by atoms with van der Waals surface area (Å²) >= 11 is 0. The zero-order chi connectivity index (χ0) is 20.5. The highest BCUT2D eigenvalue weighted by molar-refractivity contribution is 7.92. The van der Waals surface area contributed by atoms with E-state index in [0.717, 1.165) is 27.4 Å². The molecule has 28 heavy (non-hydrogen) atoms. The molecule has 1 unspecified atom stereocenters. The summed E-state index contributed by atoms with van der Waals surface area (Å²) in [6, 6.07) is 14.3. The Hall–Kier alpha value is -2.54. The van der Waals surface area contributed by atoms with E-state index in [2.05, 4.69) is 5.32 Å². The van der Waals surface area contributed by atoms with Gasteiger partial charge in [-0.3, -0.25) is 9.10 Å². The molecule has 0 bridgehead atoms. The molecular formula is C21H26N2O4S. The third-order valence-corrected chi connectivity index (χ3v) is 5.83. The number of fused-ring (bicyclic) bond motifs is 1. The second-order valence-corrected chi connectivity index (χ2v) is 9.74. The maximum atomic E-state index is 12.8. The van der Waals surface area contributed by atoms with E-state index in [1.165, 1.54) is 0 Å². The Kier molecular flexibility index (Phi) is 5.39. The summed E-state index contributed by atoms with van der Waals surface area (Å²) in [5, 5.41) is 3.00. The van der Waals surface area contributed by atoms with Gasteiger partial charge in [0.1, 0.15) is 17.9 Å². The van der Waals surface area contributed by atoms with Crippen LogP contribution < -0.4 is 14.4 Å². The fraction of sp³-hybridized carbons (Fsp3) is 0.381. The van der Waals surface area contributed by atoms with Crippen LogP contribution in [0.4, 0.5) is 5.69 Å². The number of amides is 1. The largest absolute Gasteiger partial charge is 0.487 e. The summed E-state index contributed by atoms with van der Waals surface area (Å²) < 4.78 is 31.6. The zero-order valence-corrected chi connectivity index (χ0v) is 17.4. The van der Waals surface area contributed by atoms with Crippen molar-refractivity contribution < 1.29 is 17.9 Å². The Labute approximate surface area is 166 Å². The van der Waals surface area contributed by atoms with E-state index in [1.54, 1.807) is 30.3 Å². The number of benzene rings is 2. The number of anilines is 1. The van der Waals surface area contributed by atoms with Crippen LogP contribution in [0.25, 0.3) is 0 Å². The second-order valence-electron chi connectivity index (χ2n) is 7.83. The highest BCUT2D eigenvalue weighted by Gasteiger charge is 2.35. The van der Waals surface area contributed by atoms with Crippen molar-refractivity contribution in [2.24, 2.45) is 0 Å². The van der Waals surface area contributed by atoms with Crippen LogP contribution in [0.1, 0.15) is 37.4 Å². The average Bonchev–Trinajstić information content (AvgIpc) is 2.58. The minimum absolute atomic E-state index is 0.246. The molecular weight excluding hydrogens is 376 g/mol. The van der Waals surface area contributed by atoms with Crippen molar-refractivity contribution in [2.75, 3.05) is 17.1 Å². The number of hydrogen-bond acceptors (Lipinski definition) is 4. The summed E-state index contributed by atoms with van der Waals surface area (Å²) in [6.45, 7) is 5.67. The number of carbonyl (C=O) groups is 1. The molecule has 2 aromatic rings. The highest BCUT2D eigenvalue weighted by Crippen LogP contribution is 2.39. The van der Waals surface area contributed by atoms with E-state index < -0.39 is 15.6 Å². The van der Waals surface area contributed by atoms with Crippen LogP contribution in [0.3, 0.4) is 0 Å². The topological polar surface area (TPSA) is 75.7 Å². The molecule has 0 aromatic heterocycles. The first-order chi connectivity index (χ1) is 13.0. The van der Waals surface area contributed by atoms with Gasteiger partial charge in [-0.15, -0.1) is 0 Å². The lowest BCUT2D eigenvalue weighted by Crippen LogP contribution is -2.45. The number of para-hydroxylation sites is 1. The molecule has 0 saturated heterocycles. The van der Waals surface area contributed by atoms with Crippen molar-refractivity contribution in [1.82, 2.24) is 5.32 Å². The fourth-order valence-corrected chi connectivity index (χ4v) is 4.31. The lowest BCUT2D eigenvalue weighted by atomic mass is 9.89. The van der Waals surface area contributed by atoms with Crippen LogP contribution in [0.2, 0.25) is 0 Å². The molecule has 0 aliphatic carbocycles. The van der Waals surface area contributed by atoms with Crippen molar-refractivity contribution in [3.8, 4) is 5.75 Å². The van der Waals surface area contributed by atoms with Crippen LogP contribution in [0.15, 0.2) is 48.5 Å². The smallest absolute Gasteiger partial charge is 0.241 e. The molecule has 1 aliphatic heterocycles. The minimum atomic E-state index is -3.60. The Bertz CT molecular complexity index is 971. The van der Waals surface area contributed by atoms with Crippen LogP contribution in [-0.2, 0) is 14.8 Å². The van der Waals surface area contributed by atoms with Gasteiger partial charge in [0.25, 0.3) is 0 Å². The van der Waals surface area contributed by atoms with Crippen LogP contribution >= 0.6 is 0 Å². The number of sulfonamides is 1. The van der Waals surface area contributed by atoms with Crippen molar-refractivity contribution >= 4 is 21.6 Å². The molecule has 0 radical (unpaired) electrons. The lowest BCUT2D eigenvalue weighted by Gasteiger charge is -2.38. The summed E-state index contributed by atoms with van der Waals surface area (Å²) in [4.78, 5) is 12.8. The quantitative estimate of drug-likeness (QED) is 0.833. The summed E-state index contributed by atoms with van der Waals surface area (Å²) in [7, 11) is -3.60. The van der Waals surface area contributed by atoms with E-state index in [-0.39, 0.29) is 18.5 Å². The Morgan fingerprint density at radius 2 is 1.89 bits per heavy atom.